The van der Waals surface area contributed by atoms with Crippen LogP contribution in [0.2, 0.25) is 0 Å². The van der Waals surface area contributed by atoms with Crippen LogP contribution in [0.5, 0.6) is 0 Å². The SMILES string of the molecule is C=CCOP(=O)(OCCNC(=O)[C@@H](NC(=O)Cc1c[nH]c2ccccc12)[C@@H](C)CC)OCC(NC(=O)CCCCCCCCCCC)C(=O)CCCCOC(=O)CCCCCCCCCCCCCCC. The van der Waals surface area contributed by atoms with Crippen LogP contribution in [0.1, 0.15) is 213 Å². The molecular formula is C56H95N4O10P. The molecule has 4 atom stereocenters. The van der Waals surface area contributed by atoms with Crippen molar-refractivity contribution in [2.24, 2.45) is 5.92 Å². The van der Waals surface area contributed by atoms with Crippen molar-refractivity contribution in [2.75, 3.05) is 33.0 Å². The molecule has 0 aliphatic carbocycles. The zero-order chi connectivity index (χ0) is 51.8. The number of benzene rings is 1. The summed E-state index contributed by atoms with van der Waals surface area (Å²) in [6.45, 7) is 11.0. The minimum absolute atomic E-state index is 0.0725. The van der Waals surface area contributed by atoms with Crippen LogP contribution in [0.3, 0.4) is 0 Å². The summed E-state index contributed by atoms with van der Waals surface area (Å²) in [6, 6.07) is 5.73. The van der Waals surface area contributed by atoms with E-state index in [1.807, 2.05) is 38.1 Å². The number of ketones is 1. The molecule has 1 heterocycles. The number of carbonyl (C=O) groups excluding carboxylic acids is 5. The van der Waals surface area contributed by atoms with Gasteiger partial charge in [-0.15, -0.1) is 6.58 Å². The number of phosphoric acid groups is 1. The monoisotopic (exact) mass is 1010 g/mol. The Kier molecular flexibility index (Phi) is 36.2. The lowest BCUT2D eigenvalue weighted by Crippen LogP contribution is -2.51. The lowest BCUT2D eigenvalue weighted by atomic mass is 9.98. The molecule has 1 aromatic carbocycles. The average molecular weight is 1020 g/mol. The summed E-state index contributed by atoms with van der Waals surface area (Å²) in [5.41, 5.74) is 1.74. The number of hydrogen-bond donors (Lipinski definition) is 4. The van der Waals surface area contributed by atoms with Gasteiger partial charge in [0.1, 0.15) is 12.1 Å². The largest absolute Gasteiger partial charge is 0.475 e. The van der Waals surface area contributed by atoms with Gasteiger partial charge in [-0.25, -0.2) is 4.57 Å². The molecule has 0 spiro atoms. The van der Waals surface area contributed by atoms with Gasteiger partial charge in [-0.3, -0.25) is 37.5 Å². The van der Waals surface area contributed by atoms with Crippen molar-refractivity contribution in [3.05, 3.63) is 48.7 Å². The first-order chi connectivity index (χ1) is 34.5. The second-order valence-electron chi connectivity index (χ2n) is 19.3. The molecular weight excluding hydrogens is 920 g/mol. The molecule has 71 heavy (non-hydrogen) atoms. The standard InChI is InChI=1S/C56H95N4O10P/c1-6-10-12-14-16-18-19-20-21-23-25-27-29-38-54(64)67-41-33-32-36-51(61)50(59-52(62)37-28-26-24-22-17-15-13-11-7-2)45-70-71(66,68-40-8-3)69-42-39-57-56(65)55(46(5)9-4)60-53(63)43-47-44-58-49-35-31-30-34-48(47)49/h8,30-31,34-35,44,46,50,55,58H,3,6-7,9-29,32-33,36-43,45H2,1-2,4-5H3,(H,57,65)(H,59,62)(H,60,63)/t46-,50?,55-,71?/m0/s1. The molecule has 4 N–H and O–H groups in total. The fourth-order valence-electron chi connectivity index (χ4n) is 8.44. The zero-order valence-corrected chi connectivity index (χ0v) is 45.4. The first-order valence-electron chi connectivity index (χ1n) is 27.7. The maximum atomic E-state index is 13.9. The van der Waals surface area contributed by atoms with Crippen LogP contribution in [0, 0.1) is 5.92 Å². The van der Waals surface area contributed by atoms with E-state index in [2.05, 4.69) is 41.4 Å². The van der Waals surface area contributed by atoms with E-state index in [1.165, 1.54) is 102 Å². The Morgan fingerprint density at radius 1 is 0.662 bits per heavy atom. The number of ether oxygens (including phenoxy) is 1. The number of Topliss-reactive ketones (excluding diaryl/α,β-unsaturated/α-hetero) is 1. The number of para-hydroxylation sites is 1. The number of hydrogen-bond acceptors (Lipinski definition) is 10. The fourth-order valence-corrected chi connectivity index (χ4v) is 9.60. The minimum Gasteiger partial charge on any atom is -0.466 e. The molecule has 0 radical (unpaired) electrons. The average Bonchev–Trinajstić information content (AvgIpc) is 3.77. The van der Waals surface area contributed by atoms with Gasteiger partial charge in [-0.2, -0.15) is 0 Å². The molecule has 0 bridgehead atoms. The number of amides is 3. The van der Waals surface area contributed by atoms with E-state index < -0.39 is 32.4 Å². The third-order valence-corrected chi connectivity index (χ3v) is 14.5. The van der Waals surface area contributed by atoms with E-state index >= 15 is 0 Å². The van der Waals surface area contributed by atoms with Gasteiger partial charge in [-0.05, 0) is 43.2 Å². The van der Waals surface area contributed by atoms with Crippen LogP contribution >= 0.6 is 7.82 Å². The van der Waals surface area contributed by atoms with Gasteiger partial charge >= 0.3 is 13.8 Å². The van der Waals surface area contributed by atoms with Gasteiger partial charge in [0.15, 0.2) is 5.78 Å². The number of fused-ring (bicyclic) bond motifs is 1. The minimum atomic E-state index is -4.33. The molecule has 1 aromatic heterocycles. The maximum absolute atomic E-state index is 13.9. The highest BCUT2D eigenvalue weighted by Crippen LogP contribution is 2.49. The van der Waals surface area contributed by atoms with E-state index in [9.17, 15) is 28.5 Å². The zero-order valence-electron chi connectivity index (χ0n) is 44.5. The lowest BCUT2D eigenvalue weighted by Gasteiger charge is -2.24. The Morgan fingerprint density at radius 3 is 1.82 bits per heavy atom. The molecule has 0 aliphatic heterocycles. The van der Waals surface area contributed by atoms with Crippen molar-refractivity contribution in [3.8, 4) is 0 Å². The van der Waals surface area contributed by atoms with Gasteiger partial charge in [0.25, 0.3) is 0 Å². The number of esters is 1. The molecule has 0 fully saturated rings. The number of aromatic amines is 1. The van der Waals surface area contributed by atoms with Gasteiger partial charge in [0, 0.05) is 42.9 Å². The van der Waals surface area contributed by atoms with Crippen molar-refractivity contribution >= 4 is 48.2 Å². The van der Waals surface area contributed by atoms with Gasteiger partial charge in [0.2, 0.25) is 17.7 Å². The second-order valence-corrected chi connectivity index (χ2v) is 20.9. The van der Waals surface area contributed by atoms with Crippen LogP contribution in [-0.2, 0) is 53.3 Å². The Morgan fingerprint density at radius 2 is 1.23 bits per heavy atom. The van der Waals surface area contributed by atoms with Crippen LogP contribution in [-0.4, -0.2) is 79.5 Å². The molecule has 15 heteroatoms. The summed E-state index contributed by atoms with van der Waals surface area (Å²) in [6.07, 6.45) is 31.4. The number of H-pyrrole nitrogens is 1. The Bertz CT molecular complexity index is 1820. The van der Waals surface area contributed by atoms with E-state index in [1.54, 1.807) is 6.20 Å². The van der Waals surface area contributed by atoms with Crippen LogP contribution in [0.4, 0.5) is 0 Å². The van der Waals surface area contributed by atoms with Gasteiger partial charge < -0.3 is 25.7 Å². The highest BCUT2D eigenvalue weighted by atomic mass is 31.2. The van der Waals surface area contributed by atoms with Crippen LogP contribution in [0.15, 0.2) is 43.1 Å². The van der Waals surface area contributed by atoms with Gasteiger partial charge in [-0.1, -0.05) is 187 Å². The quantitative estimate of drug-likeness (QED) is 0.0215. The number of nitrogens with one attached hydrogen (secondary N) is 4. The van der Waals surface area contributed by atoms with E-state index in [0.717, 1.165) is 55.0 Å². The van der Waals surface area contributed by atoms with Gasteiger partial charge in [0.05, 0.1) is 32.8 Å². The molecule has 0 saturated heterocycles. The van der Waals surface area contributed by atoms with Crippen molar-refractivity contribution in [3.63, 3.8) is 0 Å². The highest BCUT2D eigenvalue weighted by Gasteiger charge is 2.31. The van der Waals surface area contributed by atoms with Crippen LogP contribution < -0.4 is 16.0 Å². The van der Waals surface area contributed by atoms with Crippen molar-refractivity contribution in [2.45, 2.75) is 226 Å². The molecule has 0 saturated carbocycles. The maximum Gasteiger partial charge on any atom is 0.475 e. The number of carbonyl (C=O) groups is 5. The fraction of sp³-hybridized carbons (Fsp3) is 0.732. The smallest absolute Gasteiger partial charge is 0.466 e. The predicted octanol–water partition coefficient (Wildman–Crippen LogP) is 12.9. The van der Waals surface area contributed by atoms with E-state index in [-0.39, 0.29) is 75.1 Å². The van der Waals surface area contributed by atoms with E-state index in [4.69, 9.17) is 18.3 Å². The first-order valence-corrected chi connectivity index (χ1v) is 29.2. The molecule has 2 aromatic rings. The first kappa shape index (κ1) is 63.3. The summed E-state index contributed by atoms with van der Waals surface area (Å²) < 4.78 is 36.1. The molecule has 0 aliphatic rings. The third kappa shape index (κ3) is 30.1. The summed E-state index contributed by atoms with van der Waals surface area (Å²) in [5.74, 6) is -1.79. The topological polar surface area (TPSA) is 191 Å². The summed E-state index contributed by atoms with van der Waals surface area (Å²) in [5, 5.41) is 9.38. The Balaban J connectivity index is 1.88. The Hall–Kier alpha value is -3.84. The summed E-state index contributed by atoms with van der Waals surface area (Å²) in [7, 11) is -4.33. The summed E-state index contributed by atoms with van der Waals surface area (Å²) in [4.78, 5) is 68.9. The van der Waals surface area contributed by atoms with E-state index in [0.29, 0.717) is 32.1 Å². The third-order valence-electron chi connectivity index (χ3n) is 13.0. The van der Waals surface area contributed by atoms with Crippen molar-refractivity contribution in [1.82, 2.24) is 20.9 Å². The van der Waals surface area contributed by atoms with Crippen LogP contribution in [0.25, 0.3) is 10.9 Å². The number of aromatic nitrogens is 1. The number of phosphoric ester groups is 1. The molecule has 3 amide bonds. The lowest BCUT2D eigenvalue weighted by molar-refractivity contribution is -0.144. The highest BCUT2D eigenvalue weighted by molar-refractivity contribution is 7.48. The predicted molar refractivity (Wildman–Crippen MR) is 286 cm³/mol. The molecule has 404 valence electrons. The molecule has 14 nitrogen and oxygen atoms in total. The van der Waals surface area contributed by atoms with Crippen molar-refractivity contribution in [1.29, 1.82) is 0 Å². The number of rotatable bonds is 47. The molecule has 2 rings (SSSR count). The number of unbranched alkanes of at least 4 members (excludes halogenated alkanes) is 21. The second kappa shape index (κ2) is 40.6. The Labute approximate surface area is 428 Å². The molecule has 2 unspecified atom stereocenters. The summed E-state index contributed by atoms with van der Waals surface area (Å²) >= 11 is 0. The normalized spacial score (nSPS) is 13.5. The van der Waals surface area contributed by atoms with Crippen molar-refractivity contribution < 1.29 is 46.8 Å².